The molecule has 0 radical (unpaired) electrons. The molecule has 2 N–H and O–H groups in total. The van der Waals surface area contributed by atoms with Crippen LogP contribution in [0.25, 0.3) is 0 Å². The van der Waals surface area contributed by atoms with E-state index in [1.165, 1.54) is 25.9 Å². The first-order chi connectivity index (χ1) is 6.72. The van der Waals surface area contributed by atoms with Crippen LogP contribution in [0.4, 0.5) is 0 Å². The maximum Gasteiger partial charge on any atom is 0.233 e. The van der Waals surface area contributed by atoms with E-state index in [1.807, 2.05) is 0 Å². The third kappa shape index (κ3) is 4.07. The monoisotopic (exact) mass is 199 g/mol. The molecule has 1 aliphatic heterocycles. The van der Waals surface area contributed by atoms with E-state index in [4.69, 9.17) is 0 Å². The number of likely N-dealkylation sites (tertiary alicyclic amines) is 1. The lowest BCUT2D eigenvalue weighted by Gasteiger charge is -2.28. The van der Waals surface area contributed by atoms with E-state index < -0.39 is 0 Å². The van der Waals surface area contributed by atoms with E-state index in [0.717, 1.165) is 12.5 Å². The highest BCUT2D eigenvalue weighted by atomic mass is 16.1. The fourth-order valence-corrected chi connectivity index (χ4v) is 1.74. The smallest absolute Gasteiger partial charge is 0.233 e. The summed E-state index contributed by atoms with van der Waals surface area (Å²) >= 11 is 0. The van der Waals surface area contributed by atoms with Crippen molar-refractivity contribution in [1.82, 2.24) is 15.5 Å². The number of nitrogens with zero attached hydrogens (tertiary/aromatic N) is 1. The third-order valence-electron chi connectivity index (χ3n) is 2.84. The molecule has 1 amide bonds. The maximum atomic E-state index is 10.9. The second-order valence-corrected chi connectivity index (χ2v) is 4.05. The van der Waals surface area contributed by atoms with Gasteiger partial charge < -0.3 is 15.5 Å². The Kier molecular flexibility index (Phi) is 4.90. The lowest BCUT2D eigenvalue weighted by atomic mass is 9.97. The van der Waals surface area contributed by atoms with Crippen LogP contribution in [0.1, 0.15) is 12.8 Å². The van der Waals surface area contributed by atoms with Gasteiger partial charge in [0.05, 0.1) is 6.54 Å². The Morgan fingerprint density at radius 2 is 2.07 bits per heavy atom. The fraction of sp³-hybridized carbons (Fsp3) is 0.900. The highest BCUT2D eigenvalue weighted by Gasteiger charge is 2.15. The normalized spacial score (nSPS) is 19.6. The molecule has 4 nitrogen and oxygen atoms in total. The number of carbonyl (C=O) groups excluding carboxylic acids is 1. The van der Waals surface area contributed by atoms with Crippen LogP contribution in [0.15, 0.2) is 0 Å². The Bertz CT molecular complexity index is 176. The lowest BCUT2D eigenvalue weighted by Crippen LogP contribution is -2.38. The summed E-state index contributed by atoms with van der Waals surface area (Å²) in [5.74, 6) is 0.814. The zero-order chi connectivity index (χ0) is 10.4. The van der Waals surface area contributed by atoms with Crippen LogP contribution in [-0.4, -0.2) is 51.1 Å². The van der Waals surface area contributed by atoms with Crippen molar-refractivity contribution >= 4 is 5.91 Å². The van der Waals surface area contributed by atoms with E-state index in [0.29, 0.717) is 6.54 Å². The van der Waals surface area contributed by atoms with Crippen LogP contribution >= 0.6 is 0 Å². The first kappa shape index (κ1) is 11.5. The molecular weight excluding hydrogens is 178 g/mol. The predicted molar refractivity (Wildman–Crippen MR) is 57.2 cm³/mol. The first-order valence-corrected chi connectivity index (χ1v) is 5.32. The van der Waals surface area contributed by atoms with Gasteiger partial charge in [0, 0.05) is 7.05 Å². The van der Waals surface area contributed by atoms with Crippen LogP contribution in [0.2, 0.25) is 0 Å². The maximum absolute atomic E-state index is 10.9. The molecule has 0 bridgehead atoms. The van der Waals surface area contributed by atoms with E-state index in [-0.39, 0.29) is 5.91 Å². The van der Waals surface area contributed by atoms with E-state index in [2.05, 4.69) is 22.6 Å². The summed E-state index contributed by atoms with van der Waals surface area (Å²) in [4.78, 5) is 13.3. The molecule has 0 saturated carbocycles. The molecule has 1 saturated heterocycles. The van der Waals surface area contributed by atoms with Gasteiger partial charge in [-0.25, -0.2) is 0 Å². The van der Waals surface area contributed by atoms with Gasteiger partial charge in [-0.1, -0.05) is 0 Å². The predicted octanol–water partition coefficient (Wildman–Crippen LogP) is -0.336. The Morgan fingerprint density at radius 3 is 2.64 bits per heavy atom. The van der Waals surface area contributed by atoms with Gasteiger partial charge in [0.2, 0.25) is 5.91 Å². The summed E-state index contributed by atoms with van der Waals surface area (Å²) < 4.78 is 0. The van der Waals surface area contributed by atoms with Crippen LogP contribution in [-0.2, 0) is 4.79 Å². The number of rotatable bonds is 4. The summed E-state index contributed by atoms with van der Waals surface area (Å²) in [5.41, 5.74) is 0. The topological polar surface area (TPSA) is 44.4 Å². The van der Waals surface area contributed by atoms with Gasteiger partial charge in [-0.3, -0.25) is 4.79 Å². The van der Waals surface area contributed by atoms with Crippen molar-refractivity contribution in [2.45, 2.75) is 12.8 Å². The molecule has 0 aromatic rings. The number of carbonyl (C=O) groups is 1. The summed E-state index contributed by atoms with van der Waals surface area (Å²) in [6, 6.07) is 0. The van der Waals surface area contributed by atoms with Crippen molar-refractivity contribution in [3.05, 3.63) is 0 Å². The molecule has 0 aliphatic carbocycles. The minimum absolute atomic E-state index is 0.0675. The Labute approximate surface area is 86.0 Å². The lowest BCUT2D eigenvalue weighted by molar-refractivity contribution is -0.119. The van der Waals surface area contributed by atoms with Gasteiger partial charge >= 0.3 is 0 Å². The van der Waals surface area contributed by atoms with E-state index in [9.17, 15) is 4.79 Å². The molecule has 1 heterocycles. The van der Waals surface area contributed by atoms with Crippen molar-refractivity contribution in [2.75, 3.05) is 40.3 Å². The minimum Gasteiger partial charge on any atom is -0.358 e. The molecule has 0 atom stereocenters. The number of hydrogen-bond acceptors (Lipinski definition) is 3. The van der Waals surface area contributed by atoms with Gasteiger partial charge in [-0.05, 0) is 45.4 Å². The Balaban J connectivity index is 2.04. The largest absolute Gasteiger partial charge is 0.358 e. The molecular formula is C10H21N3O. The zero-order valence-electron chi connectivity index (χ0n) is 9.18. The molecule has 4 heteroatoms. The average Bonchev–Trinajstić information content (AvgIpc) is 2.21. The Morgan fingerprint density at radius 1 is 1.43 bits per heavy atom. The van der Waals surface area contributed by atoms with Crippen molar-refractivity contribution in [3.8, 4) is 0 Å². The summed E-state index contributed by atoms with van der Waals surface area (Å²) in [6.45, 7) is 3.79. The van der Waals surface area contributed by atoms with Crippen molar-refractivity contribution < 1.29 is 4.79 Å². The fourth-order valence-electron chi connectivity index (χ4n) is 1.74. The number of piperidine rings is 1. The average molecular weight is 199 g/mol. The summed E-state index contributed by atoms with van der Waals surface area (Å²) in [6.07, 6.45) is 2.49. The summed E-state index contributed by atoms with van der Waals surface area (Å²) in [7, 11) is 3.83. The minimum atomic E-state index is 0.0675. The number of nitrogens with one attached hydrogen (secondary N) is 2. The molecule has 0 unspecified atom stereocenters. The molecule has 1 aliphatic rings. The third-order valence-corrected chi connectivity index (χ3v) is 2.84. The van der Waals surface area contributed by atoms with E-state index >= 15 is 0 Å². The standard InChI is InChI=1S/C10H21N3O/c1-11-10(14)8-12-7-9-3-5-13(2)6-4-9/h9,12H,3-8H2,1-2H3,(H,11,14). The zero-order valence-corrected chi connectivity index (χ0v) is 9.18. The number of likely N-dealkylation sites (N-methyl/N-ethyl adjacent to an activating group) is 1. The van der Waals surface area contributed by atoms with Gasteiger partial charge in [0.25, 0.3) is 0 Å². The highest BCUT2D eigenvalue weighted by molar-refractivity contribution is 5.77. The molecule has 0 aromatic carbocycles. The van der Waals surface area contributed by atoms with Crippen molar-refractivity contribution in [3.63, 3.8) is 0 Å². The molecule has 0 spiro atoms. The molecule has 0 aromatic heterocycles. The first-order valence-electron chi connectivity index (χ1n) is 5.32. The van der Waals surface area contributed by atoms with Gasteiger partial charge in [-0.15, -0.1) is 0 Å². The number of hydrogen-bond donors (Lipinski definition) is 2. The van der Waals surface area contributed by atoms with Crippen LogP contribution in [0.3, 0.4) is 0 Å². The van der Waals surface area contributed by atoms with Gasteiger partial charge in [0.15, 0.2) is 0 Å². The van der Waals surface area contributed by atoms with Crippen LogP contribution < -0.4 is 10.6 Å². The van der Waals surface area contributed by atoms with E-state index in [1.54, 1.807) is 7.05 Å². The highest BCUT2D eigenvalue weighted by Crippen LogP contribution is 2.14. The van der Waals surface area contributed by atoms with Crippen molar-refractivity contribution in [1.29, 1.82) is 0 Å². The molecule has 1 fully saturated rings. The second-order valence-electron chi connectivity index (χ2n) is 4.05. The molecule has 82 valence electrons. The van der Waals surface area contributed by atoms with Gasteiger partial charge in [0.1, 0.15) is 0 Å². The Hall–Kier alpha value is -0.610. The number of amides is 1. The quantitative estimate of drug-likeness (QED) is 0.651. The SMILES string of the molecule is CNC(=O)CNCC1CCN(C)CC1. The van der Waals surface area contributed by atoms with Gasteiger partial charge in [-0.2, -0.15) is 0 Å². The van der Waals surface area contributed by atoms with Crippen LogP contribution in [0.5, 0.6) is 0 Å². The van der Waals surface area contributed by atoms with Crippen LogP contribution in [0, 0.1) is 5.92 Å². The second kappa shape index (κ2) is 5.98. The van der Waals surface area contributed by atoms with Crippen molar-refractivity contribution in [2.24, 2.45) is 5.92 Å². The summed E-state index contributed by atoms with van der Waals surface area (Å²) in [5, 5.41) is 5.79. The molecule has 1 rings (SSSR count). The molecule has 14 heavy (non-hydrogen) atoms.